The minimum atomic E-state index is -0.0289. The molecule has 0 radical (unpaired) electrons. The second-order valence-corrected chi connectivity index (χ2v) is 7.69. The first-order valence-electron chi connectivity index (χ1n) is 10.6. The van der Waals surface area contributed by atoms with Gasteiger partial charge >= 0.3 is 0 Å². The van der Waals surface area contributed by atoms with Gasteiger partial charge in [0.1, 0.15) is 18.0 Å². The molecular weight excluding hydrogens is 394 g/mol. The van der Waals surface area contributed by atoms with Gasteiger partial charge in [0, 0.05) is 17.2 Å². The highest BCUT2D eigenvalue weighted by atomic mass is 16.5. The van der Waals surface area contributed by atoms with Crippen molar-refractivity contribution in [1.29, 1.82) is 0 Å². The molecule has 0 aliphatic heterocycles. The van der Waals surface area contributed by atoms with Gasteiger partial charge in [-0.05, 0) is 61.4 Å². The van der Waals surface area contributed by atoms with Crippen LogP contribution in [0.15, 0.2) is 53.1 Å². The Balaban J connectivity index is 1.55. The van der Waals surface area contributed by atoms with Crippen molar-refractivity contribution in [2.24, 2.45) is 0 Å². The summed E-state index contributed by atoms with van der Waals surface area (Å²) in [4.78, 5) is 19.8. The van der Waals surface area contributed by atoms with Crippen LogP contribution in [0.25, 0.3) is 11.4 Å². The molecule has 1 heterocycles. The fraction of sp³-hybridized carbons (Fsp3) is 0.375. The number of aromatic nitrogens is 2. The van der Waals surface area contributed by atoms with E-state index in [1.807, 2.05) is 29.2 Å². The molecule has 162 valence electrons. The van der Waals surface area contributed by atoms with Gasteiger partial charge in [-0.1, -0.05) is 24.4 Å². The fourth-order valence-corrected chi connectivity index (χ4v) is 3.98. The standard InChI is InChI=1S/C24H27N3O4/c1-29-20-12-8-17(9-13-20)23-25-22(31-26-23)16-27(19-6-4-3-5-7-19)24(28)18-10-14-21(30-2)15-11-18/h8-15,19H,3-7,16H2,1-2H3. The molecule has 7 nitrogen and oxygen atoms in total. The topological polar surface area (TPSA) is 77.7 Å². The van der Waals surface area contributed by atoms with Crippen LogP contribution >= 0.6 is 0 Å². The van der Waals surface area contributed by atoms with Gasteiger partial charge in [-0.2, -0.15) is 4.98 Å². The predicted molar refractivity (Wildman–Crippen MR) is 116 cm³/mol. The summed E-state index contributed by atoms with van der Waals surface area (Å²) in [5, 5.41) is 4.11. The molecule has 0 bridgehead atoms. The van der Waals surface area contributed by atoms with E-state index in [1.165, 1.54) is 6.42 Å². The normalized spacial score (nSPS) is 14.3. The van der Waals surface area contributed by atoms with Crippen LogP contribution in [-0.2, 0) is 6.54 Å². The lowest BCUT2D eigenvalue weighted by Crippen LogP contribution is -2.41. The SMILES string of the molecule is COc1ccc(C(=O)N(Cc2nc(-c3ccc(OC)cc3)no2)C2CCCCC2)cc1. The minimum Gasteiger partial charge on any atom is -0.497 e. The highest BCUT2D eigenvalue weighted by Crippen LogP contribution is 2.27. The van der Waals surface area contributed by atoms with Crippen molar-refractivity contribution in [3.8, 4) is 22.9 Å². The first-order chi connectivity index (χ1) is 15.2. The number of methoxy groups -OCH3 is 2. The Morgan fingerprint density at radius 2 is 1.58 bits per heavy atom. The molecule has 2 aromatic carbocycles. The summed E-state index contributed by atoms with van der Waals surface area (Å²) in [5.74, 6) is 2.39. The zero-order chi connectivity index (χ0) is 21.6. The smallest absolute Gasteiger partial charge is 0.254 e. The fourth-order valence-electron chi connectivity index (χ4n) is 3.98. The van der Waals surface area contributed by atoms with Crippen LogP contribution in [-0.4, -0.2) is 41.2 Å². The van der Waals surface area contributed by atoms with Gasteiger partial charge in [0.05, 0.1) is 14.2 Å². The third-order valence-electron chi connectivity index (χ3n) is 5.74. The van der Waals surface area contributed by atoms with Crippen LogP contribution in [0.3, 0.4) is 0 Å². The highest BCUT2D eigenvalue weighted by Gasteiger charge is 2.28. The largest absolute Gasteiger partial charge is 0.497 e. The van der Waals surface area contributed by atoms with Crippen LogP contribution in [0.1, 0.15) is 48.4 Å². The average Bonchev–Trinajstić information content (AvgIpc) is 3.31. The summed E-state index contributed by atoms with van der Waals surface area (Å²) in [7, 11) is 3.24. The molecule has 4 rings (SSSR count). The molecule has 0 unspecified atom stereocenters. The predicted octanol–water partition coefficient (Wildman–Crippen LogP) is 4.73. The lowest BCUT2D eigenvalue weighted by molar-refractivity contribution is 0.0586. The number of carbonyl (C=O) groups is 1. The Bertz CT molecular complexity index is 992. The molecule has 1 amide bonds. The van der Waals surface area contributed by atoms with Crippen molar-refractivity contribution >= 4 is 5.91 Å². The first kappa shape index (κ1) is 20.9. The van der Waals surface area contributed by atoms with Crippen LogP contribution in [0.2, 0.25) is 0 Å². The van der Waals surface area contributed by atoms with E-state index in [0.717, 1.165) is 42.7 Å². The maximum Gasteiger partial charge on any atom is 0.254 e. The number of carbonyl (C=O) groups excluding carboxylic acids is 1. The zero-order valence-corrected chi connectivity index (χ0v) is 17.9. The van der Waals surface area contributed by atoms with Gasteiger partial charge in [0.25, 0.3) is 5.91 Å². The molecule has 7 heteroatoms. The Morgan fingerprint density at radius 3 is 2.19 bits per heavy atom. The Kier molecular flexibility index (Phi) is 6.50. The minimum absolute atomic E-state index is 0.0289. The quantitative estimate of drug-likeness (QED) is 0.549. The molecule has 31 heavy (non-hydrogen) atoms. The summed E-state index contributed by atoms with van der Waals surface area (Å²) in [6.45, 7) is 0.290. The Hall–Kier alpha value is -3.35. The molecule has 1 fully saturated rings. The number of benzene rings is 2. The van der Waals surface area contributed by atoms with Crippen molar-refractivity contribution in [2.45, 2.75) is 44.7 Å². The lowest BCUT2D eigenvalue weighted by atomic mass is 9.93. The monoisotopic (exact) mass is 421 g/mol. The molecule has 1 saturated carbocycles. The zero-order valence-electron chi connectivity index (χ0n) is 17.9. The number of amides is 1. The lowest BCUT2D eigenvalue weighted by Gasteiger charge is -2.33. The molecule has 1 aromatic heterocycles. The summed E-state index contributed by atoms with van der Waals surface area (Å²) in [5.41, 5.74) is 1.46. The number of nitrogens with zero attached hydrogens (tertiary/aromatic N) is 3. The van der Waals surface area contributed by atoms with Gasteiger partial charge < -0.3 is 18.9 Å². The van der Waals surface area contributed by atoms with Crippen molar-refractivity contribution < 1.29 is 18.8 Å². The highest BCUT2D eigenvalue weighted by molar-refractivity contribution is 5.94. The summed E-state index contributed by atoms with van der Waals surface area (Å²) >= 11 is 0. The third-order valence-corrected chi connectivity index (χ3v) is 5.74. The Labute approximate surface area is 182 Å². The van der Waals surface area contributed by atoms with E-state index in [4.69, 9.17) is 14.0 Å². The van der Waals surface area contributed by atoms with E-state index < -0.39 is 0 Å². The summed E-state index contributed by atoms with van der Waals surface area (Å²) in [6.07, 6.45) is 5.43. The van der Waals surface area contributed by atoms with Crippen LogP contribution in [0.4, 0.5) is 0 Å². The third kappa shape index (κ3) is 4.87. The van der Waals surface area contributed by atoms with Gasteiger partial charge in [0.2, 0.25) is 11.7 Å². The van der Waals surface area contributed by atoms with Crippen LogP contribution in [0, 0.1) is 0 Å². The van der Waals surface area contributed by atoms with E-state index in [1.54, 1.807) is 38.5 Å². The van der Waals surface area contributed by atoms with Crippen LogP contribution in [0.5, 0.6) is 11.5 Å². The molecule has 1 aliphatic rings. The maximum atomic E-state index is 13.4. The van der Waals surface area contributed by atoms with E-state index in [9.17, 15) is 4.79 Å². The molecule has 3 aromatic rings. The van der Waals surface area contributed by atoms with E-state index in [0.29, 0.717) is 23.8 Å². The molecular formula is C24H27N3O4. The first-order valence-corrected chi connectivity index (χ1v) is 10.6. The van der Waals surface area contributed by atoms with Gasteiger partial charge in [0.15, 0.2) is 0 Å². The summed E-state index contributed by atoms with van der Waals surface area (Å²) < 4.78 is 15.9. The summed E-state index contributed by atoms with van der Waals surface area (Å²) in [6, 6.07) is 14.9. The maximum absolute atomic E-state index is 13.4. The number of hydrogen-bond donors (Lipinski definition) is 0. The van der Waals surface area contributed by atoms with Gasteiger partial charge in [-0.15, -0.1) is 0 Å². The molecule has 0 atom stereocenters. The van der Waals surface area contributed by atoms with E-state index in [-0.39, 0.29) is 11.9 Å². The molecule has 0 N–H and O–H groups in total. The number of ether oxygens (including phenoxy) is 2. The van der Waals surface area contributed by atoms with Crippen molar-refractivity contribution in [1.82, 2.24) is 15.0 Å². The van der Waals surface area contributed by atoms with Crippen molar-refractivity contribution in [3.63, 3.8) is 0 Å². The van der Waals surface area contributed by atoms with Crippen molar-refractivity contribution in [3.05, 3.63) is 60.0 Å². The number of rotatable bonds is 7. The van der Waals surface area contributed by atoms with E-state index in [2.05, 4.69) is 10.1 Å². The second kappa shape index (κ2) is 9.64. The van der Waals surface area contributed by atoms with E-state index >= 15 is 0 Å². The molecule has 1 aliphatic carbocycles. The second-order valence-electron chi connectivity index (χ2n) is 7.69. The van der Waals surface area contributed by atoms with Gasteiger partial charge in [-0.3, -0.25) is 4.79 Å². The van der Waals surface area contributed by atoms with Crippen LogP contribution < -0.4 is 9.47 Å². The van der Waals surface area contributed by atoms with Gasteiger partial charge in [-0.25, -0.2) is 0 Å². The van der Waals surface area contributed by atoms with Crippen molar-refractivity contribution in [2.75, 3.05) is 14.2 Å². The number of hydrogen-bond acceptors (Lipinski definition) is 6. The molecule has 0 saturated heterocycles. The average molecular weight is 421 g/mol. The Morgan fingerprint density at radius 1 is 0.968 bits per heavy atom. The molecule has 0 spiro atoms.